The Morgan fingerprint density at radius 1 is 1.00 bits per heavy atom. The second-order valence-corrected chi connectivity index (χ2v) is 7.92. The summed E-state index contributed by atoms with van der Waals surface area (Å²) >= 11 is 0. The maximum Gasteiger partial charge on any atom is 0.251 e. The van der Waals surface area contributed by atoms with Gasteiger partial charge in [-0.3, -0.25) is 14.5 Å². The molecule has 1 N–H and O–H groups in total. The van der Waals surface area contributed by atoms with Gasteiger partial charge in [0.1, 0.15) is 6.04 Å². The highest BCUT2D eigenvalue weighted by Gasteiger charge is 2.33. The largest absolute Gasteiger partial charge is 0.349 e. The smallest absolute Gasteiger partial charge is 0.251 e. The number of nitrogens with zero attached hydrogens (tertiary/aromatic N) is 2. The molecule has 0 aromatic heterocycles. The average molecular weight is 408 g/mol. The number of likely N-dealkylation sites (N-methyl/N-ethyl adjacent to an activating group) is 1. The van der Waals surface area contributed by atoms with E-state index in [0.717, 1.165) is 42.6 Å². The SMILES string of the molecule is CCN(CC)C(=O)C(c1ccccc1)N1CCC(NC(=O)c2ccccc2C)CC1. The molecule has 1 unspecified atom stereocenters. The molecule has 0 radical (unpaired) electrons. The fourth-order valence-corrected chi connectivity index (χ4v) is 4.25. The van der Waals surface area contributed by atoms with E-state index in [1.165, 1.54) is 0 Å². The zero-order valence-corrected chi connectivity index (χ0v) is 18.3. The highest BCUT2D eigenvalue weighted by molar-refractivity contribution is 5.95. The molecule has 1 aliphatic rings. The quantitative estimate of drug-likeness (QED) is 0.760. The van der Waals surface area contributed by atoms with E-state index in [2.05, 4.69) is 10.2 Å². The summed E-state index contributed by atoms with van der Waals surface area (Å²) in [4.78, 5) is 30.1. The van der Waals surface area contributed by atoms with Crippen molar-refractivity contribution in [3.63, 3.8) is 0 Å². The number of carbonyl (C=O) groups is 2. The molecular weight excluding hydrogens is 374 g/mol. The fraction of sp³-hybridized carbons (Fsp3) is 0.440. The van der Waals surface area contributed by atoms with Crippen molar-refractivity contribution in [1.82, 2.24) is 15.1 Å². The molecular formula is C25H33N3O2. The Labute approximate surface area is 180 Å². The third-order valence-corrected chi connectivity index (χ3v) is 6.04. The predicted octanol–water partition coefficient (Wildman–Crippen LogP) is 3.80. The van der Waals surface area contributed by atoms with E-state index >= 15 is 0 Å². The second kappa shape index (κ2) is 10.4. The number of nitrogens with one attached hydrogen (secondary N) is 1. The first-order valence-electron chi connectivity index (χ1n) is 11.0. The minimum Gasteiger partial charge on any atom is -0.349 e. The number of amides is 2. The van der Waals surface area contributed by atoms with Crippen molar-refractivity contribution in [2.24, 2.45) is 0 Å². The van der Waals surface area contributed by atoms with Gasteiger partial charge in [-0.1, -0.05) is 48.5 Å². The third-order valence-electron chi connectivity index (χ3n) is 6.04. The molecule has 2 amide bonds. The first kappa shape index (κ1) is 22.0. The van der Waals surface area contributed by atoms with Crippen LogP contribution in [0.1, 0.15) is 54.2 Å². The van der Waals surface area contributed by atoms with Crippen LogP contribution in [0, 0.1) is 6.92 Å². The van der Waals surface area contributed by atoms with E-state index in [1.54, 1.807) is 0 Å². The van der Waals surface area contributed by atoms with Crippen molar-refractivity contribution in [1.29, 1.82) is 0 Å². The molecule has 0 bridgehead atoms. The van der Waals surface area contributed by atoms with Crippen molar-refractivity contribution in [2.45, 2.75) is 45.7 Å². The Kier molecular flexibility index (Phi) is 7.63. The third kappa shape index (κ3) is 5.08. The summed E-state index contributed by atoms with van der Waals surface area (Å²) in [5.74, 6) is 0.152. The van der Waals surface area contributed by atoms with E-state index in [1.807, 2.05) is 80.3 Å². The summed E-state index contributed by atoms with van der Waals surface area (Å²) in [5.41, 5.74) is 2.76. The lowest BCUT2D eigenvalue weighted by molar-refractivity contribution is -0.137. The van der Waals surface area contributed by atoms with E-state index in [9.17, 15) is 9.59 Å². The summed E-state index contributed by atoms with van der Waals surface area (Å²) < 4.78 is 0. The minimum absolute atomic E-state index is 0.00891. The molecule has 160 valence electrons. The van der Waals surface area contributed by atoms with Crippen molar-refractivity contribution in [3.05, 3.63) is 71.3 Å². The lowest BCUT2D eigenvalue weighted by Gasteiger charge is -2.39. The van der Waals surface area contributed by atoms with Crippen molar-refractivity contribution in [3.8, 4) is 0 Å². The molecule has 1 atom stereocenters. The van der Waals surface area contributed by atoms with Gasteiger partial charge < -0.3 is 10.2 Å². The second-order valence-electron chi connectivity index (χ2n) is 7.92. The lowest BCUT2D eigenvalue weighted by atomic mass is 9.97. The van der Waals surface area contributed by atoms with Gasteiger partial charge in [-0.05, 0) is 50.8 Å². The van der Waals surface area contributed by atoms with Crippen molar-refractivity contribution in [2.75, 3.05) is 26.2 Å². The molecule has 0 spiro atoms. The highest BCUT2D eigenvalue weighted by Crippen LogP contribution is 2.27. The van der Waals surface area contributed by atoms with Crippen LogP contribution in [0.25, 0.3) is 0 Å². The van der Waals surface area contributed by atoms with Crippen LogP contribution in [0.3, 0.4) is 0 Å². The number of benzene rings is 2. The molecule has 1 saturated heterocycles. The molecule has 2 aromatic rings. The molecule has 5 heteroatoms. The molecule has 1 aliphatic heterocycles. The van der Waals surface area contributed by atoms with Crippen molar-refractivity contribution >= 4 is 11.8 Å². The van der Waals surface area contributed by atoms with Gasteiger partial charge in [0.05, 0.1) is 0 Å². The monoisotopic (exact) mass is 407 g/mol. The Bertz CT molecular complexity index is 840. The van der Waals surface area contributed by atoms with Crippen LogP contribution in [-0.4, -0.2) is 53.8 Å². The van der Waals surface area contributed by atoms with Gasteiger partial charge in [-0.2, -0.15) is 0 Å². The van der Waals surface area contributed by atoms with Gasteiger partial charge in [-0.15, -0.1) is 0 Å². The Balaban J connectivity index is 1.68. The summed E-state index contributed by atoms with van der Waals surface area (Å²) in [5, 5.41) is 3.19. The molecule has 1 heterocycles. The number of rotatable bonds is 7. The van der Waals surface area contributed by atoms with Gasteiger partial charge in [0.25, 0.3) is 5.91 Å². The van der Waals surface area contributed by atoms with Crippen LogP contribution in [0.2, 0.25) is 0 Å². The number of piperidine rings is 1. The van der Waals surface area contributed by atoms with Crippen molar-refractivity contribution < 1.29 is 9.59 Å². The molecule has 3 rings (SSSR count). The summed E-state index contributed by atoms with van der Waals surface area (Å²) in [6.45, 7) is 8.99. The van der Waals surface area contributed by atoms with Gasteiger partial charge in [0.15, 0.2) is 0 Å². The van der Waals surface area contributed by atoms with E-state index in [-0.39, 0.29) is 23.9 Å². The number of aryl methyl sites for hydroxylation is 1. The van der Waals surface area contributed by atoms with Gasteiger partial charge in [0.2, 0.25) is 5.91 Å². The summed E-state index contributed by atoms with van der Waals surface area (Å²) in [6.07, 6.45) is 1.68. The van der Waals surface area contributed by atoms with Gasteiger partial charge in [0, 0.05) is 37.8 Å². The summed E-state index contributed by atoms with van der Waals surface area (Å²) in [7, 11) is 0. The Morgan fingerprint density at radius 2 is 1.60 bits per heavy atom. The molecule has 1 fully saturated rings. The maximum atomic E-state index is 13.3. The molecule has 2 aromatic carbocycles. The standard InChI is InChI=1S/C25H33N3O2/c1-4-27(5-2)25(30)23(20-12-7-6-8-13-20)28-17-15-21(16-18-28)26-24(29)22-14-10-9-11-19(22)3/h6-14,21,23H,4-5,15-18H2,1-3H3,(H,26,29). The van der Waals surface area contributed by atoms with Gasteiger partial charge >= 0.3 is 0 Å². The number of likely N-dealkylation sites (tertiary alicyclic amines) is 1. The normalized spacial score (nSPS) is 16.1. The lowest BCUT2D eigenvalue weighted by Crippen LogP contribution is -2.49. The van der Waals surface area contributed by atoms with Crippen LogP contribution >= 0.6 is 0 Å². The first-order valence-corrected chi connectivity index (χ1v) is 11.0. The number of carbonyl (C=O) groups excluding carboxylic acids is 2. The van der Waals surface area contributed by atoms with Gasteiger partial charge in [-0.25, -0.2) is 0 Å². The molecule has 30 heavy (non-hydrogen) atoms. The average Bonchev–Trinajstić information content (AvgIpc) is 2.77. The van der Waals surface area contributed by atoms with E-state index in [4.69, 9.17) is 0 Å². The highest BCUT2D eigenvalue weighted by atomic mass is 16.2. The Hall–Kier alpha value is -2.66. The summed E-state index contributed by atoms with van der Waals surface area (Å²) in [6, 6.07) is 17.6. The van der Waals surface area contributed by atoms with E-state index in [0.29, 0.717) is 13.1 Å². The van der Waals surface area contributed by atoms with Crippen LogP contribution in [-0.2, 0) is 4.79 Å². The zero-order chi connectivity index (χ0) is 21.5. The van der Waals surface area contributed by atoms with Crippen LogP contribution in [0.5, 0.6) is 0 Å². The van der Waals surface area contributed by atoms with Crippen LogP contribution in [0.15, 0.2) is 54.6 Å². The molecule has 5 nitrogen and oxygen atoms in total. The maximum absolute atomic E-state index is 13.3. The fourth-order valence-electron chi connectivity index (χ4n) is 4.25. The minimum atomic E-state index is -0.265. The topological polar surface area (TPSA) is 52.7 Å². The Morgan fingerprint density at radius 3 is 2.20 bits per heavy atom. The van der Waals surface area contributed by atoms with Crippen LogP contribution < -0.4 is 5.32 Å². The van der Waals surface area contributed by atoms with Crippen LogP contribution in [0.4, 0.5) is 0 Å². The number of hydrogen-bond acceptors (Lipinski definition) is 3. The zero-order valence-electron chi connectivity index (χ0n) is 18.3. The molecule has 0 saturated carbocycles. The first-order chi connectivity index (χ1) is 14.5. The van der Waals surface area contributed by atoms with E-state index < -0.39 is 0 Å². The molecule has 0 aliphatic carbocycles. The predicted molar refractivity (Wildman–Crippen MR) is 120 cm³/mol. The number of hydrogen-bond donors (Lipinski definition) is 1.